The number of oxime groups is 1. The molecule has 7 heteroatoms. The zero-order chi connectivity index (χ0) is 14.4. The Hall–Kier alpha value is -1.76. The fourth-order valence-electron chi connectivity index (χ4n) is 1.58. The van der Waals surface area contributed by atoms with Crippen LogP contribution in [-0.2, 0) is 0 Å². The Morgan fingerprint density at radius 3 is 2.84 bits per heavy atom. The lowest BCUT2D eigenvalue weighted by Crippen LogP contribution is -2.44. The van der Waals surface area contributed by atoms with E-state index >= 15 is 0 Å². The Labute approximate surface area is 119 Å². The number of carbonyl (C=O) groups is 1. The molecule has 0 fully saturated rings. The van der Waals surface area contributed by atoms with Crippen molar-refractivity contribution in [3.05, 3.63) is 28.2 Å². The molecule has 5 N–H and O–H groups in total. The molecule has 19 heavy (non-hydrogen) atoms. The molecule has 0 heterocycles. The quantitative estimate of drug-likeness (QED) is 0.286. The molecule has 0 spiro atoms. The van der Waals surface area contributed by atoms with E-state index in [0.29, 0.717) is 10.9 Å². The summed E-state index contributed by atoms with van der Waals surface area (Å²) in [6.45, 7) is 1.92. The highest BCUT2D eigenvalue weighted by Crippen LogP contribution is 2.21. The summed E-state index contributed by atoms with van der Waals surface area (Å²) in [5.41, 5.74) is 5.64. The summed E-state index contributed by atoms with van der Waals surface area (Å²) in [5.74, 6) is -0.677. The van der Waals surface area contributed by atoms with Crippen LogP contribution < -0.4 is 11.1 Å². The van der Waals surface area contributed by atoms with Crippen molar-refractivity contribution in [3.63, 3.8) is 0 Å². The van der Waals surface area contributed by atoms with Crippen LogP contribution in [-0.4, -0.2) is 28.1 Å². The Kier molecular flexibility index (Phi) is 5.62. The molecule has 0 saturated heterocycles. The lowest BCUT2D eigenvalue weighted by molar-refractivity contribution is 0.0942. The smallest absolute Gasteiger partial charge is 0.255 e. The van der Waals surface area contributed by atoms with E-state index in [2.05, 4.69) is 26.4 Å². The molecule has 1 aromatic rings. The third-order valence-corrected chi connectivity index (χ3v) is 3.05. The maximum Gasteiger partial charge on any atom is 0.255 e. The Bertz CT molecular complexity index is 491. The highest BCUT2D eigenvalue weighted by atomic mass is 79.9. The van der Waals surface area contributed by atoms with E-state index in [0.717, 1.165) is 6.42 Å². The molecule has 0 aliphatic heterocycles. The van der Waals surface area contributed by atoms with Crippen molar-refractivity contribution in [2.24, 2.45) is 10.9 Å². The molecule has 0 aliphatic rings. The molecule has 1 atom stereocenters. The van der Waals surface area contributed by atoms with Gasteiger partial charge < -0.3 is 21.4 Å². The predicted octanol–water partition coefficient (Wildman–Crippen LogP) is 1.80. The minimum atomic E-state index is -0.569. The van der Waals surface area contributed by atoms with E-state index in [-0.39, 0.29) is 17.1 Å². The summed E-state index contributed by atoms with van der Waals surface area (Å²) < 4.78 is 0.672. The standard InChI is InChI=1S/C12H16BrN3O3/c1-2-3-9(11(14)16-19)15-12(18)8-6-7(13)4-5-10(8)17/h4-6,9,17,19H,2-3H2,1H3,(H2,14,16)(H,15,18). The molecule has 1 unspecified atom stereocenters. The van der Waals surface area contributed by atoms with Crippen LogP contribution in [0, 0.1) is 0 Å². The van der Waals surface area contributed by atoms with Gasteiger partial charge in [-0.1, -0.05) is 34.4 Å². The molecular formula is C12H16BrN3O3. The second-order valence-electron chi connectivity index (χ2n) is 4.00. The maximum atomic E-state index is 12.0. The molecule has 1 amide bonds. The van der Waals surface area contributed by atoms with Crippen molar-refractivity contribution in [2.75, 3.05) is 0 Å². The van der Waals surface area contributed by atoms with E-state index in [1.165, 1.54) is 12.1 Å². The van der Waals surface area contributed by atoms with Crippen LogP contribution in [0.4, 0.5) is 0 Å². The second-order valence-corrected chi connectivity index (χ2v) is 4.92. The molecule has 6 nitrogen and oxygen atoms in total. The average Bonchev–Trinajstić information content (AvgIpc) is 2.40. The second kappa shape index (κ2) is 6.98. The van der Waals surface area contributed by atoms with E-state index < -0.39 is 11.9 Å². The fraction of sp³-hybridized carbons (Fsp3) is 0.333. The third-order valence-electron chi connectivity index (χ3n) is 2.56. The predicted molar refractivity (Wildman–Crippen MR) is 75.4 cm³/mol. The number of nitrogens with two attached hydrogens (primary N) is 1. The van der Waals surface area contributed by atoms with Gasteiger partial charge in [0.1, 0.15) is 5.75 Å². The zero-order valence-corrected chi connectivity index (χ0v) is 12.0. The van der Waals surface area contributed by atoms with Gasteiger partial charge in [-0.2, -0.15) is 0 Å². The third kappa shape index (κ3) is 4.13. The van der Waals surface area contributed by atoms with E-state index in [1.54, 1.807) is 6.07 Å². The molecule has 0 aromatic heterocycles. The van der Waals surface area contributed by atoms with Crippen molar-refractivity contribution in [1.29, 1.82) is 0 Å². The van der Waals surface area contributed by atoms with Gasteiger partial charge in [-0.25, -0.2) is 0 Å². The number of hydrogen-bond donors (Lipinski definition) is 4. The van der Waals surface area contributed by atoms with E-state index in [4.69, 9.17) is 10.9 Å². The largest absolute Gasteiger partial charge is 0.507 e. The topological polar surface area (TPSA) is 108 Å². The first-order valence-electron chi connectivity index (χ1n) is 5.76. The summed E-state index contributed by atoms with van der Waals surface area (Å²) in [6, 6.07) is 3.97. The minimum Gasteiger partial charge on any atom is -0.507 e. The number of halogens is 1. The number of amidine groups is 1. The number of nitrogens with one attached hydrogen (secondary N) is 1. The first-order chi connectivity index (χ1) is 8.99. The maximum absolute atomic E-state index is 12.0. The van der Waals surface area contributed by atoms with E-state index in [1.807, 2.05) is 6.92 Å². The van der Waals surface area contributed by atoms with Gasteiger partial charge in [-0.15, -0.1) is 0 Å². The van der Waals surface area contributed by atoms with Gasteiger partial charge in [0.2, 0.25) is 0 Å². The minimum absolute atomic E-state index is 0.0651. The van der Waals surface area contributed by atoms with Gasteiger partial charge in [0.25, 0.3) is 5.91 Å². The van der Waals surface area contributed by atoms with Crippen molar-refractivity contribution in [1.82, 2.24) is 5.32 Å². The van der Waals surface area contributed by atoms with E-state index in [9.17, 15) is 9.90 Å². The van der Waals surface area contributed by atoms with Gasteiger partial charge in [0, 0.05) is 4.47 Å². The number of phenolic OH excluding ortho intramolecular Hbond substituents is 1. The lowest BCUT2D eigenvalue weighted by Gasteiger charge is -2.17. The first-order valence-corrected chi connectivity index (χ1v) is 6.55. The molecule has 0 aliphatic carbocycles. The monoisotopic (exact) mass is 329 g/mol. The van der Waals surface area contributed by atoms with Crippen LogP contribution in [0.15, 0.2) is 27.8 Å². The number of benzene rings is 1. The Morgan fingerprint density at radius 2 is 2.26 bits per heavy atom. The van der Waals surface area contributed by atoms with Crippen molar-refractivity contribution in [3.8, 4) is 5.75 Å². The summed E-state index contributed by atoms with van der Waals surface area (Å²) in [4.78, 5) is 12.0. The fourth-order valence-corrected chi connectivity index (χ4v) is 1.94. The summed E-state index contributed by atoms with van der Waals surface area (Å²) in [6.07, 6.45) is 1.29. The molecule has 0 radical (unpaired) electrons. The number of carbonyl (C=O) groups excluding carboxylic acids is 1. The number of rotatable bonds is 5. The zero-order valence-electron chi connectivity index (χ0n) is 10.4. The molecule has 0 bridgehead atoms. The van der Waals surface area contributed by atoms with Gasteiger partial charge in [-0.05, 0) is 24.6 Å². The molecule has 1 aromatic carbocycles. The normalized spacial score (nSPS) is 13.1. The number of amides is 1. The summed E-state index contributed by atoms with van der Waals surface area (Å²) >= 11 is 3.22. The van der Waals surface area contributed by atoms with Gasteiger partial charge in [-0.3, -0.25) is 4.79 Å². The molecule has 0 saturated carbocycles. The van der Waals surface area contributed by atoms with Crippen LogP contribution in [0.2, 0.25) is 0 Å². The number of hydrogen-bond acceptors (Lipinski definition) is 4. The van der Waals surface area contributed by atoms with Gasteiger partial charge in [0.05, 0.1) is 11.6 Å². The Balaban J connectivity index is 2.90. The molecular weight excluding hydrogens is 314 g/mol. The SMILES string of the molecule is CCCC(NC(=O)c1cc(Br)ccc1O)/C(N)=N/O. The van der Waals surface area contributed by atoms with Crippen molar-refractivity contribution in [2.45, 2.75) is 25.8 Å². The first kappa shape index (κ1) is 15.3. The van der Waals surface area contributed by atoms with Crippen LogP contribution in [0.5, 0.6) is 5.75 Å². The molecule has 1 rings (SSSR count). The Morgan fingerprint density at radius 1 is 1.58 bits per heavy atom. The van der Waals surface area contributed by atoms with Crippen LogP contribution in [0.3, 0.4) is 0 Å². The number of nitrogens with zero attached hydrogens (tertiary/aromatic N) is 1. The van der Waals surface area contributed by atoms with Gasteiger partial charge in [0.15, 0.2) is 5.84 Å². The van der Waals surface area contributed by atoms with Crippen molar-refractivity contribution < 1.29 is 15.1 Å². The van der Waals surface area contributed by atoms with Crippen molar-refractivity contribution >= 4 is 27.7 Å². The highest BCUT2D eigenvalue weighted by Gasteiger charge is 2.19. The lowest BCUT2D eigenvalue weighted by atomic mass is 10.1. The van der Waals surface area contributed by atoms with Gasteiger partial charge >= 0.3 is 0 Å². The van der Waals surface area contributed by atoms with Crippen LogP contribution in [0.1, 0.15) is 30.1 Å². The number of phenols is 1. The van der Waals surface area contributed by atoms with Crippen LogP contribution >= 0.6 is 15.9 Å². The average molecular weight is 330 g/mol. The summed E-state index contributed by atoms with van der Waals surface area (Å²) in [5, 5.41) is 23.8. The highest BCUT2D eigenvalue weighted by molar-refractivity contribution is 9.10. The summed E-state index contributed by atoms with van der Waals surface area (Å²) in [7, 11) is 0. The molecule has 104 valence electrons. The number of aromatic hydroxyl groups is 1. The van der Waals surface area contributed by atoms with Crippen LogP contribution in [0.25, 0.3) is 0 Å².